The van der Waals surface area contributed by atoms with Crippen molar-refractivity contribution in [3.8, 4) is 0 Å². The molecule has 1 amide bonds. The van der Waals surface area contributed by atoms with Crippen molar-refractivity contribution in [2.24, 2.45) is 0 Å². The van der Waals surface area contributed by atoms with Crippen LogP contribution in [0.3, 0.4) is 0 Å². The van der Waals surface area contributed by atoms with Crippen LogP contribution in [0.15, 0.2) is 24.3 Å². The quantitative estimate of drug-likeness (QED) is 0.675. The predicted octanol–water partition coefficient (Wildman–Crippen LogP) is 0.949. The van der Waals surface area contributed by atoms with Crippen LogP contribution >= 0.6 is 0 Å². The zero-order chi connectivity index (χ0) is 13.4. The predicted molar refractivity (Wildman–Crippen MR) is 72.7 cm³/mol. The van der Waals surface area contributed by atoms with Gasteiger partial charge in [-0.05, 0) is 38.1 Å². The number of benzene rings is 1. The molecule has 0 aliphatic rings. The van der Waals surface area contributed by atoms with Crippen molar-refractivity contribution in [2.45, 2.75) is 25.8 Å². The van der Waals surface area contributed by atoms with Gasteiger partial charge in [0, 0.05) is 5.56 Å². The van der Waals surface area contributed by atoms with E-state index in [1.54, 1.807) is 0 Å². The summed E-state index contributed by atoms with van der Waals surface area (Å²) in [5.41, 5.74) is 1.72. The van der Waals surface area contributed by atoms with Crippen molar-refractivity contribution in [3.63, 3.8) is 0 Å². The smallest absolute Gasteiger partial charge is 0.251 e. The van der Waals surface area contributed by atoms with Gasteiger partial charge in [-0.3, -0.25) is 4.79 Å². The topological polar surface area (TPSA) is 61.4 Å². The third kappa shape index (κ3) is 4.13. The van der Waals surface area contributed by atoms with Crippen LogP contribution in [-0.2, 0) is 6.42 Å². The van der Waals surface area contributed by atoms with Crippen LogP contribution in [0, 0.1) is 0 Å². The summed E-state index contributed by atoms with van der Waals surface area (Å²) < 4.78 is 0. The van der Waals surface area contributed by atoms with Crippen LogP contribution in [0.4, 0.5) is 0 Å². The first-order valence-electron chi connectivity index (χ1n) is 6.37. The molecule has 0 saturated carbocycles. The average Bonchev–Trinajstić information content (AvgIpc) is 2.42. The lowest BCUT2D eigenvalue weighted by Crippen LogP contribution is -2.37. The molecule has 0 spiro atoms. The van der Waals surface area contributed by atoms with Crippen LogP contribution in [0.2, 0.25) is 0 Å². The van der Waals surface area contributed by atoms with Crippen molar-refractivity contribution in [1.82, 2.24) is 10.6 Å². The van der Waals surface area contributed by atoms with Crippen molar-refractivity contribution in [3.05, 3.63) is 35.4 Å². The van der Waals surface area contributed by atoms with Gasteiger partial charge in [-0.2, -0.15) is 0 Å². The molecule has 1 rings (SSSR count). The minimum Gasteiger partial charge on any atom is -0.394 e. The van der Waals surface area contributed by atoms with Gasteiger partial charge < -0.3 is 15.7 Å². The van der Waals surface area contributed by atoms with Gasteiger partial charge in [-0.15, -0.1) is 0 Å². The first-order valence-corrected chi connectivity index (χ1v) is 6.37. The Morgan fingerprint density at radius 1 is 1.39 bits per heavy atom. The minimum atomic E-state index is -0.171. The Bertz CT molecular complexity index is 376. The zero-order valence-corrected chi connectivity index (χ0v) is 11.1. The van der Waals surface area contributed by atoms with Crippen LogP contribution in [0.1, 0.15) is 29.3 Å². The Kier molecular flexibility index (Phi) is 6.39. The molecule has 0 aliphatic carbocycles. The van der Waals surface area contributed by atoms with Gasteiger partial charge in [-0.1, -0.05) is 25.1 Å². The molecule has 0 heterocycles. The first kappa shape index (κ1) is 14.7. The number of nitrogens with one attached hydrogen (secondary N) is 2. The standard InChI is InChI=1S/C14H22N2O2/c1-3-12(10-17)16-14(18)13-7-5-4-6-11(13)8-9-15-2/h4-7,12,15,17H,3,8-10H2,1-2H3,(H,16,18)/t12-/m0/s1. The van der Waals surface area contributed by atoms with E-state index >= 15 is 0 Å². The third-order valence-electron chi connectivity index (χ3n) is 2.95. The Balaban J connectivity index is 2.77. The van der Waals surface area contributed by atoms with E-state index in [2.05, 4.69) is 10.6 Å². The molecular weight excluding hydrogens is 228 g/mol. The van der Waals surface area contributed by atoms with Crippen molar-refractivity contribution < 1.29 is 9.90 Å². The summed E-state index contributed by atoms with van der Waals surface area (Å²) in [5.74, 6) is -0.109. The van der Waals surface area contributed by atoms with E-state index in [0.29, 0.717) is 5.56 Å². The summed E-state index contributed by atoms with van der Waals surface area (Å²) in [6.07, 6.45) is 1.54. The monoisotopic (exact) mass is 250 g/mol. The number of aliphatic hydroxyl groups excluding tert-OH is 1. The molecule has 0 aliphatic heterocycles. The number of aliphatic hydroxyl groups is 1. The van der Waals surface area contributed by atoms with Crippen LogP contribution < -0.4 is 10.6 Å². The normalized spacial score (nSPS) is 12.2. The molecule has 1 aromatic rings. The zero-order valence-electron chi connectivity index (χ0n) is 11.1. The number of likely N-dealkylation sites (N-methyl/N-ethyl adjacent to an activating group) is 1. The number of carbonyl (C=O) groups is 1. The van der Waals surface area contributed by atoms with Crippen molar-refractivity contribution in [2.75, 3.05) is 20.2 Å². The Morgan fingerprint density at radius 3 is 2.72 bits per heavy atom. The molecule has 4 nitrogen and oxygen atoms in total. The number of carbonyl (C=O) groups excluding carboxylic acids is 1. The summed E-state index contributed by atoms with van der Waals surface area (Å²) in [6.45, 7) is 2.75. The molecule has 18 heavy (non-hydrogen) atoms. The van der Waals surface area contributed by atoms with E-state index in [1.165, 1.54) is 0 Å². The van der Waals surface area contributed by atoms with E-state index in [1.807, 2.05) is 38.2 Å². The van der Waals surface area contributed by atoms with Gasteiger partial charge in [0.25, 0.3) is 5.91 Å². The maximum atomic E-state index is 12.1. The number of rotatable bonds is 7. The van der Waals surface area contributed by atoms with Crippen LogP contribution in [0.25, 0.3) is 0 Å². The molecule has 1 aromatic carbocycles. The summed E-state index contributed by atoms with van der Waals surface area (Å²) in [5, 5.41) is 15.0. The fraction of sp³-hybridized carbons (Fsp3) is 0.500. The van der Waals surface area contributed by atoms with Gasteiger partial charge in [0.15, 0.2) is 0 Å². The van der Waals surface area contributed by atoms with E-state index in [9.17, 15) is 4.79 Å². The van der Waals surface area contributed by atoms with Gasteiger partial charge in [0.1, 0.15) is 0 Å². The third-order valence-corrected chi connectivity index (χ3v) is 2.95. The van der Waals surface area contributed by atoms with Gasteiger partial charge in [0.05, 0.1) is 12.6 Å². The fourth-order valence-corrected chi connectivity index (χ4v) is 1.76. The highest BCUT2D eigenvalue weighted by Gasteiger charge is 2.13. The molecule has 0 unspecified atom stereocenters. The number of hydrogen-bond acceptors (Lipinski definition) is 3. The number of amides is 1. The van der Waals surface area contributed by atoms with Gasteiger partial charge in [-0.25, -0.2) is 0 Å². The Labute approximate surface area is 108 Å². The van der Waals surface area contributed by atoms with Crippen LogP contribution in [0.5, 0.6) is 0 Å². The van der Waals surface area contributed by atoms with Gasteiger partial charge in [0.2, 0.25) is 0 Å². The highest BCUT2D eigenvalue weighted by molar-refractivity contribution is 5.95. The molecule has 4 heteroatoms. The maximum absolute atomic E-state index is 12.1. The molecule has 100 valence electrons. The Morgan fingerprint density at radius 2 is 2.11 bits per heavy atom. The summed E-state index contributed by atoms with van der Waals surface area (Å²) in [6, 6.07) is 7.41. The van der Waals surface area contributed by atoms with E-state index < -0.39 is 0 Å². The van der Waals surface area contributed by atoms with Crippen molar-refractivity contribution in [1.29, 1.82) is 0 Å². The largest absolute Gasteiger partial charge is 0.394 e. The molecule has 0 radical (unpaired) electrons. The molecular formula is C14H22N2O2. The van der Waals surface area contributed by atoms with E-state index in [4.69, 9.17) is 5.11 Å². The summed E-state index contributed by atoms with van der Waals surface area (Å²) >= 11 is 0. The molecule has 3 N–H and O–H groups in total. The molecule has 0 saturated heterocycles. The second-order valence-corrected chi connectivity index (χ2v) is 4.27. The highest BCUT2D eigenvalue weighted by Crippen LogP contribution is 2.09. The van der Waals surface area contributed by atoms with E-state index in [0.717, 1.165) is 24.9 Å². The second-order valence-electron chi connectivity index (χ2n) is 4.27. The number of hydrogen-bond donors (Lipinski definition) is 3. The van der Waals surface area contributed by atoms with Crippen LogP contribution in [-0.4, -0.2) is 37.3 Å². The lowest BCUT2D eigenvalue weighted by Gasteiger charge is -2.15. The summed E-state index contributed by atoms with van der Waals surface area (Å²) in [7, 11) is 1.89. The molecule has 0 fully saturated rings. The first-order chi connectivity index (χ1) is 8.72. The lowest BCUT2D eigenvalue weighted by atomic mass is 10.0. The molecule has 0 aromatic heterocycles. The highest BCUT2D eigenvalue weighted by atomic mass is 16.3. The van der Waals surface area contributed by atoms with Gasteiger partial charge >= 0.3 is 0 Å². The minimum absolute atomic E-state index is 0.0269. The fourth-order valence-electron chi connectivity index (χ4n) is 1.76. The average molecular weight is 250 g/mol. The lowest BCUT2D eigenvalue weighted by molar-refractivity contribution is 0.0914. The molecule has 0 bridgehead atoms. The summed E-state index contributed by atoms with van der Waals surface area (Å²) in [4.78, 5) is 12.1. The molecule has 1 atom stereocenters. The SMILES string of the molecule is CC[C@@H](CO)NC(=O)c1ccccc1CCNC. The van der Waals surface area contributed by atoms with Crippen molar-refractivity contribution >= 4 is 5.91 Å². The maximum Gasteiger partial charge on any atom is 0.251 e. The Hall–Kier alpha value is -1.39. The van der Waals surface area contributed by atoms with E-state index in [-0.39, 0.29) is 18.6 Å². The second kappa shape index (κ2) is 7.84.